The van der Waals surface area contributed by atoms with Crippen molar-refractivity contribution in [3.05, 3.63) is 0 Å². The summed E-state index contributed by atoms with van der Waals surface area (Å²) in [6.45, 7) is 10.6. The van der Waals surface area contributed by atoms with Gasteiger partial charge >= 0.3 is 0 Å². The molecule has 0 saturated carbocycles. The fourth-order valence-corrected chi connectivity index (χ4v) is 3.04. The van der Waals surface area contributed by atoms with Gasteiger partial charge in [-0.25, -0.2) is 0 Å². The fraction of sp³-hybridized carbons (Fsp3) is 0.941. The standard InChI is InChI=1S/C17H35N3O.2ClH/c1-15-9-8-12-20(13-15)17(2,3)14-19-16(21)10-6-4-5-7-11-18;;/h15H,4-14,18H2,1-3H3,(H,19,21);2*1H. The Bertz CT molecular complexity index is 314. The maximum Gasteiger partial charge on any atom is 0.220 e. The Morgan fingerprint density at radius 2 is 1.87 bits per heavy atom. The zero-order valence-electron chi connectivity index (χ0n) is 15.1. The van der Waals surface area contributed by atoms with Crippen molar-refractivity contribution in [1.29, 1.82) is 0 Å². The van der Waals surface area contributed by atoms with Gasteiger partial charge in [-0.05, 0) is 58.5 Å². The third-order valence-corrected chi connectivity index (χ3v) is 4.59. The molecule has 0 bridgehead atoms. The number of nitrogens with one attached hydrogen (secondary N) is 1. The van der Waals surface area contributed by atoms with E-state index < -0.39 is 0 Å². The second-order valence-electron chi connectivity index (χ2n) is 7.24. The highest BCUT2D eigenvalue weighted by molar-refractivity contribution is 5.85. The molecule has 1 heterocycles. The lowest BCUT2D eigenvalue weighted by molar-refractivity contribution is -0.121. The number of amides is 1. The van der Waals surface area contributed by atoms with E-state index in [1.807, 2.05) is 0 Å². The van der Waals surface area contributed by atoms with Crippen LogP contribution in [0.4, 0.5) is 0 Å². The van der Waals surface area contributed by atoms with Crippen LogP contribution >= 0.6 is 24.8 Å². The first-order valence-corrected chi connectivity index (χ1v) is 8.67. The summed E-state index contributed by atoms with van der Waals surface area (Å²) in [4.78, 5) is 14.4. The van der Waals surface area contributed by atoms with E-state index in [0.717, 1.165) is 57.8 Å². The molecule has 1 amide bonds. The highest BCUT2D eigenvalue weighted by Crippen LogP contribution is 2.23. The average Bonchev–Trinajstić information content (AvgIpc) is 2.45. The normalized spacial score (nSPS) is 18.7. The van der Waals surface area contributed by atoms with Crippen LogP contribution in [0, 0.1) is 5.92 Å². The van der Waals surface area contributed by atoms with Crippen molar-refractivity contribution in [2.75, 3.05) is 26.2 Å². The smallest absolute Gasteiger partial charge is 0.220 e. The van der Waals surface area contributed by atoms with Gasteiger partial charge in [0, 0.05) is 25.0 Å². The Hall–Kier alpha value is -0.0300. The molecule has 1 saturated heterocycles. The Morgan fingerprint density at radius 1 is 1.22 bits per heavy atom. The highest BCUT2D eigenvalue weighted by atomic mass is 35.5. The van der Waals surface area contributed by atoms with Crippen molar-refractivity contribution < 1.29 is 4.79 Å². The number of nitrogens with two attached hydrogens (primary N) is 1. The molecule has 23 heavy (non-hydrogen) atoms. The SMILES string of the molecule is CC1CCCN(C(C)(C)CNC(=O)CCCCCCN)C1.Cl.Cl. The Kier molecular flexibility index (Phi) is 14.6. The van der Waals surface area contributed by atoms with E-state index in [2.05, 4.69) is 31.0 Å². The number of likely N-dealkylation sites (tertiary alicyclic amines) is 1. The molecule has 1 atom stereocenters. The van der Waals surface area contributed by atoms with Crippen molar-refractivity contribution >= 4 is 30.7 Å². The second-order valence-corrected chi connectivity index (χ2v) is 7.24. The van der Waals surface area contributed by atoms with Crippen molar-refractivity contribution in [2.24, 2.45) is 11.7 Å². The van der Waals surface area contributed by atoms with Crippen LogP contribution in [0.1, 0.15) is 65.7 Å². The summed E-state index contributed by atoms with van der Waals surface area (Å²) in [6.07, 6.45) is 7.56. The van der Waals surface area contributed by atoms with Crippen LogP contribution in [0.15, 0.2) is 0 Å². The number of halogens is 2. The van der Waals surface area contributed by atoms with Gasteiger partial charge in [0.2, 0.25) is 5.91 Å². The van der Waals surface area contributed by atoms with Crippen LogP contribution in [0.5, 0.6) is 0 Å². The van der Waals surface area contributed by atoms with Crippen LogP contribution in [-0.2, 0) is 4.79 Å². The zero-order chi connectivity index (χ0) is 15.7. The molecule has 0 aromatic rings. The summed E-state index contributed by atoms with van der Waals surface area (Å²) in [6, 6.07) is 0. The van der Waals surface area contributed by atoms with E-state index in [-0.39, 0.29) is 36.3 Å². The number of unbranched alkanes of at least 4 members (excludes halogenated alkanes) is 3. The molecule has 0 spiro atoms. The minimum atomic E-state index is 0. The predicted octanol–water partition coefficient (Wildman–Crippen LogP) is 3.37. The molecule has 0 aliphatic carbocycles. The van der Waals surface area contributed by atoms with Crippen molar-refractivity contribution in [2.45, 2.75) is 71.3 Å². The minimum Gasteiger partial charge on any atom is -0.354 e. The highest BCUT2D eigenvalue weighted by Gasteiger charge is 2.30. The van der Waals surface area contributed by atoms with E-state index in [0.29, 0.717) is 6.42 Å². The minimum absolute atomic E-state index is 0. The summed E-state index contributed by atoms with van der Waals surface area (Å²) in [5.74, 6) is 0.970. The summed E-state index contributed by atoms with van der Waals surface area (Å²) in [5.41, 5.74) is 5.52. The Labute approximate surface area is 155 Å². The average molecular weight is 370 g/mol. The summed E-state index contributed by atoms with van der Waals surface area (Å²) in [5, 5.41) is 3.12. The number of rotatable bonds is 9. The van der Waals surface area contributed by atoms with Gasteiger partial charge in [-0.15, -0.1) is 24.8 Å². The molecule has 3 N–H and O–H groups in total. The van der Waals surface area contributed by atoms with Crippen LogP contribution in [-0.4, -0.2) is 42.5 Å². The molecule has 1 aliphatic rings. The first kappa shape index (κ1) is 25.2. The van der Waals surface area contributed by atoms with E-state index in [1.54, 1.807) is 0 Å². The molecule has 1 fully saturated rings. The largest absolute Gasteiger partial charge is 0.354 e. The topological polar surface area (TPSA) is 58.4 Å². The maximum atomic E-state index is 11.9. The van der Waals surface area contributed by atoms with Gasteiger partial charge < -0.3 is 11.1 Å². The van der Waals surface area contributed by atoms with Crippen molar-refractivity contribution in [3.63, 3.8) is 0 Å². The molecule has 1 rings (SSSR count). The number of nitrogens with zero attached hydrogens (tertiary/aromatic N) is 1. The molecular formula is C17H37Cl2N3O. The van der Waals surface area contributed by atoms with E-state index >= 15 is 0 Å². The van der Waals surface area contributed by atoms with Crippen molar-refractivity contribution in [1.82, 2.24) is 10.2 Å². The number of hydrogen-bond acceptors (Lipinski definition) is 3. The monoisotopic (exact) mass is 369 g/mol. The van der Waals surface area contributed by atoms with Gasteiger partial charge in [0.25, 0.3) is 0 Å². The van der Waals surface area contributed by atoms with Crippen LogP contribution in [0.2, 0.25) is 0 Å². The van der Waals surface area contributed by atoms with Crippen LogP contribution < -0.4 is 11.1 Å². The van der Waals surface area contributed by atoms with E-state index in [4.69, 9.17) is 5.73 Å². The Morgan fingerprint density at radius 3 is 2.48 bits per heavy atom. The molecule has 140 valence electrons. The maximum absolute atomic E-state index is 11.9. The van der Waals surface area contributed by atoms with Crippen LogP contribution in [0.3, 0.4) is 0 Å². The first-order valence-electron chi connectivity index (χ1n) is 8.67. The lowest BCUT2D eigenvalue weighted by Gasteiger charge is -2.43. The fourth-order valence-electron chi connectivity index (χ4n) is 3.04. The molecule has 6 heteroatoms. The van der Waals surface area contributed by atoms with Gasteiger partial charge in [0.05, 0.1) is 0 Å². The molecule has 0 radical (unpaired) electrons. The van der Waals surface area contributed by atoms with E-state index in [9.17, 15) is 4.79 Å². The zero-order valence-corrected chi connectivity index (χ0v) is 16.7. The molecule has 1 aliphatic heterocycles. The summed E-state index contributed by atoms with van der Waals surface area (Å²) < 4.78 is 0. The molecule has 4 nitrogen and oxygen atoms in total. The van der Waals surface area contributed by atoms with Gasteiger partial charge in [-0.1, -0.05) is 19.8 Å². The van der Waals surface area contributed by atoms with Crippen LogP contribution in [0.25, 0.3) is 0 Å². The number of piperidine rings is 1. The van der Waals surface area contributed by atoms with E-state index in [1.165, 1.54) is 12.8 Å². The first-order chi connectivity index (χ1) is 9.95. The predicted molar refractivity (Wildman–Crippen MR) is 104 cm³/mol. The third kappa shape index (κ3) is 10.4. The number of carbonyl (C=O) groups excluding carboxylic acids is 1. The lowest BCUT2D eigenvalue weighted by Crippen LogP contribution is -2.54. The number of hydrogen-bond donors (Lipinski definition) is 2. The van der Waals surface area contributed by atoms with Gasteiger partial charge in [-0.2, -0.15) is 0 Å². The van der Waals surface area contributed by atoms with Gasteiger partial charge in [0.15, 0.2) is 0 Å². The molecule has 1 unspecified atom stereocenters. The number of carbonyl (C=O) groups is 1. The Balaban J connectivity index is 0. The summed E-state index contributed by atoms with van der Waals surface area (Å²) >= 11 is 0. The second kappa shape index (κ2) is 13.3. The summed E-state index contributed by atoms with van der Waals surface area (Å²) in [7, 11) is 0. The molecule has 0 aromatic carbocycles. The van der Waals surface area contributed by atoms with Crippen molar-refractivity contribution in [3.8, 4) is 0 Å². The quantitative estimate of drug-likeness (QED) is 0.612. The van der Waals surface area contributed by atoms with Gasteiger partial charge in [-0.3, -0.25) is 9.69 Å². The molecule has 0 aromatic heterocycles. The van der Waals surface area contributed by atoms with Gasteiger partial charge in [0.1, 0.15) is 0 Å². The third-order valence-electron chi connectivity index (χ3n) is 4.59. The molecular weight excluding hydrogens is 333 g/mol. The lowest BCUT2D eigenvalue weighted by atomic mass is 9.93.